The number of carbonyl (C=O) groups is 2. The van der Waals surface area contributed by atoms with Crippen molar-refractivity contribution in [2.45, 2.75) is 16.3 Å². The second kappa shape index (κ2) is 9.86. The molecule has 0 saturated carbocycles. The van der Waals surface area contributed by atoms with Crippen LogP contribution in [-0.4, -0.2) is 28.0 Å². The molecule has 5 aromatic rings. The molecule has 3 aromatic carbocycles. The Kier molecular flexibility index (Phi) is 6.32. The predicted octanol–water partition coefficient (Wildman–Crippen LogP) is 4.48. The first-order chi connectivity index (χ1) is 17.1. The van der Waals surface area contributed by atoms with E-state index >= 15 is 0 Å². The lowest BCUT2D eigenvalue weighted by Crippen LogP contribution is -2.27. The fourth-order valence-corrected chi connectivity index (χ4v) is 4.44. The van der Waals surface area contributed by atoms with Crippen LogP contribution in [0.15, 0.2) is 104 Å². The zero-order chi connectivity index (χ0) is 24.2. The van der Waals surface area contributed by atoms with Gasteiger partial charge in [-0.25, -0.2) is 4.98 Å². The largest absolute Gasteiger partial charge is 0.454 e. The molecule has 0 fully saturated rings. The molecule has 0 aliphatic rings. The highest BCUT2D eigenvalue weighted by Gasteiger charge is 2.16. The van der Waals surface area contributed by atoms with Crippen molar-refractivity contribution in [3.05, 3.63) is 95.5 Å². The number of amides is 1. The second-order valence-electron chi connectivity index (χ2n) is 7.57. The minimum atomic E-state index is -0.744. The van der Waals surface area contributed by atoms with E-state index in [0.717, 1.165) is 19.7 Å². The van der Waals surface area contributed by atoms with Crippen molar-refractivity contribution in [1.82, 2.24) is 9.55 Å². The Morgan fingerprint density at radius 1 is 0.971 bits per heavy atom. The fourth-order valence-electron chi connectivity index (χ4n) is 3.52. The van der Waals surface area contributed by atoms with Crippen LogP contribution < -0.4 is 10.9 Å². The average molecular weight is 486 g/mol. The van der Waals surface area contributed by atoms with E-state index in [9.17, 15) is 14.4 Å². The Bertz CT molecular complexity index is 1590. The third-order valence-electron chi connectivity index (χ3n) is 5.15. The lowest BCUT2D eigenvalue weighted by Gasteiger charge is -2.11. The Morgan fingerprint density at radius 3 is 2.57 bits per heavy atom. The molecule has 0 radical (unpaired) electrons. The molecule has 2 heterocycles. The van der Waals surface area contributed by atoms with E-state index in [2.05, 4.69) is 10.3 Å². The van der Waals surface area contributed by atoms with E-state index in [1.54, 1.807) is 24.3 Å². The highest BCUT2D eigenvalue weighted by molar-refractivity contribution is 7.99. The first-order valence-corrected chi connectivity index (χ1v) is 11.5. The Balaban J connectivity index is 1.22. The van der Waals surface area contributed by atoms with Crippen molar-refractivity contribution in [1.29, 1.82) is 0 Å². The molecule has 5 rings (SSSR count). The van der Waals surface area contributed by atoms with Crippen LogP contribution in [0.5, 0.6) is 0 Å². The number of aromatic nitrogens is 2. The monoisotopic (exact) mass is 485 g/mol. The zero-order valence-electron chi connectivity index (χ0n) is 18.3. The van der Waals surface area contributed by atoms with E-state index in [1.807, 2.05) is 54.6 Å². The van der Waals surface area contributed by atoms with Gasteiger partial charge in [0.1, 0.15) is 17.6 Å². The molecular formula is C26H19N3O5S. The van der Waals surface area contributed by atoms with Crippen molar-refractivity contribution < 1.29 is 18.7 Å². The number of hydrogen-bond acceptors (Lipinski definition) is 7. The zero-order valence-corrected chi connectivity index (χ0v) is 19.2. The van der Waals surface area contributed by atoms with E-state index in [0.29, 0.717) is 16.8 Å². The van der Waals surface area contributed by atoms with Gasteiger partial charge in [-0.05, 0) is 36.4 Å². The molecule has 35 heavy (non-hydrogen) atoms. The standard InChI is InChI=1S/C26H19N3O5S/c30-22(28-19-11-5-7-13-21(19)35-17-8-2-1-3-9-17)15-33-23(31)14-29-16-27-24-18-10-4-6-12-20(18)34-25(24)26(29)32/h1-13,16H,14-15H2,(H,28,30). The first-order valence-electron chi connectivity index (χ1n) is 10.7. The van der Waals surface area contributed by atoms with Crippen LogP contribution in [0.2, 0.25) is 0 Å². The molecular weight excluding hydrogens is 466 g/mol. The quantitative estimate of drug-likeness (QED) is 0.339. The molecule has 0 unspecified atom stereocenters. The summed E-state index contributed by atoms with van der Waals surface area (Å²) in [5.41, 5.74) is 1.14. The van der Waals surface area contributed by atoms with Crippen molar-refractivity contribution in [2.24, 2.45) is 0 Å². The van der Waals surface area contributed by atoms with Crippen molar-refractivity contribution in [2.75, 3.05) is 11.9 Å². The molecule has 1 N–H and O–H groups in total. The van der Waals surface area contributed by atoms with Crippen LogP contribution in [0.4, 0.5) is 5.69 Å². The van der Waals surface area contributed by atoms with Crippen molar-refractivity contribution >= 4 is 51.4 Å². The number of hydrogen-bond donors (Lipinski definition) is 1. The lowest BCUT2D eigenvalue weighted by atomic mass is 10.2. The van der Waals surface area contributed by atoms with Gasteiger partial charge in [-0.3, -0.25) is 19.0 Å². The minimum absolute atomic E-state index is 0.0618. The third-order valence-corrected chi connectivity index (χ3v) is 6.23. The number of esters is 1. The fraction of sp³-hybridized carbons (Fsp3) is 0.0769. The molecule has 0 bridgehead atoms. The third kappa shape index (κ3) is 4.95. The van der Waals surface area contributed by atoms with Crippen LogP contribution in [-0.2, 0) is 20.9 Å². The average Bonchev–Trinajstić information content (AvgIpc) is 3.26. The number of rotatable bonds is 7. The molecule has 0 saturated heterocycles. The van der Waals surface area contributed by atoms with E-state index in [-0.39, 0.29) is 5.58 Å². The van der Waals surface area contributed by atoms with Crippen LogP contribution >= 0.6 is 11.8 Å². The summed E-state index contributed by atoms with van der Waals surface area (Å²) in [6.45, 7) is -0.884. The van der Waals surface area contributed by atoms with Gasteiger partial charge in [0.2, 0.25) is 5.58 Å². The number of nitrogens with zero attached hydrogens (tertiary/aromatic N) is 2. The van der Waals surface area contributed by atoms with E-state index < -0.39 is 30.6 Å². The number of anilines is 1. The number of para-hydroxylation sites is 2. The summed E-state index contributed by atoms with van der Waals surface area (Å²) in [4.78, 5) is 43.6. The van der Waals surface area contributed by atoms with Gasteiger partial charge in [0.15, 0.2) is 6.61 Å². The normalized spacial score (nSPS) is 11.0. The molecule has 0 spiro atoms. The molecule has 8 nitrogen and oxygen atoms in total. The lowest BCUT2D eigenvalue weighted by molar-refractivity contribution is -0.147. The van der Waals surface area contributed by atoms with Crippen LogP contribution in [0.25, 0.3) is 22.1 Å². The number of furan rings is 1. The number of nitrogens with one attached hydrogen (secondary N) is 1. The summed E-state index contributed by atoms with van der Waals surface area (Å²) in [7, 11) is 0. The second-order valence-corrected chi connectivity index (χ2v) is 8.69. The Labute approximate surface area is 203 Å². The predicted molar refractivity (Wildman–Crippen MR) is 132 cm³/mol. The Morgan fingerprint density at radius 2 is 1.71 bits per heavy atom. The summed E-state index contributed by atoms with van der Waals surface area (Å²) < 4.78 is 11.8. The van der Waals surface area contributed by atoms with E-state index in [4.69, 9.17) is 9.15 Å². The smallest absolute Gasteiger partial charge is 0.326 e. The molecule has 1 amide bonds. The summed E-state index contributed by atoms with van der Waals surface area (Å²) in [6, 6.07) is 24.3. The van der Waals surface area contributed by atoms with Gasteiger partial charge in [0.25, 0.3) is 11.5 Å². The van der Waals surface area contributed by atoms with Gasteiger partial charge < -0.3 is 14.5 Å². The Hall–Kier alpha value is -4.37. The highest BCUT2D eigenvalue weighted by Crippen LogP contribution is 2.33. The van der Waals surface area contributed by atoms with E-state index in [1.165, 1.54) is 18.1 Å². The summed E-state index contributed by atoms with van der Waals surface area (Å²) >= 11 is 1.51. The maximum absolute atomic E-state index is 12.7. The SMILES string of the molecule is O=C(COC(=O)Cn1cnc2c(oc3ccccc32)c1=O)Nc1ccccc1Sc1ccccc1. The molecule has 2 aromatic heterocycles. The van der Waals surface area contributed by atoms with Gasteiger partial charge in [-0.15, -0.1) is 0 Å². The molecule has 0 atom stereocenters. The number of ether oxygens (including phenoxy) is 1. The highest BCUT2D eigenvalue weighted by atomic mass is 32.2. The van der Waals surface area contributed by atoms with Crippen molar-refractivity contribution in [3.63, 3.8) is 0 Å². The summed E-state index contributed by atoms with van der Waals surface area (Å²) in [5.74, 6) is -1.23. The van der Waals surface area contributed by atoms with Crippen LogP contribution in [0, 0.1) is 0 Å². The van der Waals surface area contributed by atoms with Crippen molar-refractivity contribution in [3.8, 4) is 0 Å². The van der Waals surface area contributed by atoms with Gasteiger partial charge in [0.05, 0.1) is 12.0 Å². The molecule has 9 heteroatoms. The van der Waals surface area contributed by atoms with Gasteiger partial charge in [0, 0.05) is 15.2 Å². The van der Waals surface area contributed by atoms with Gasteiger partial charge in [-0.1, -0.05) is 54.2 Å². The molecule has 174 valence electrons. The van der Waals surface area contributed by atoms with Crippen LogP contribution in [0.1, 0.15) is 0 Å². The summed E-state index contributed by atoms with van der Waals surface area (Å²) in [6.07, 6.45) is 1.27. The molecule has 0 aliphatic carbocycles. The summed E-state index contributed by atoms with van der Waals surface area (Å²) in [5, 5.41) is 3.49. The number of benzene rings is 3. The minimum Gasteiger partial charge on any atom is -0.454 e. The maximum atomic E-state index is 12.7. The first kappa shape index (κ1) is 22.4. The molecule has 0 aliphatic heterocycles. The van der Waals surface area contributed by atoms with Gasteiger partial charge >= 0.3 is 5.97 Å². The van der Waals surface area contributed by atoms with Gasteiger partial charge in [-0.2, -0.15) is 0 Å². The number of carbonyl (C=O) groups excluding carboxylic acids is 2. The van der Waals surface area contributed by atoms with Crippen LogP contribution in [0.3, 0.4) is 0 Å². The topological polar surface area (TPSA) is 103 Å². The number of fused-ring (bicyclic) bond motifs is 3. The maximum Gasteiger partial charge on any atom is 0.326 e.